The van der Waals surface area contributed by atoms with Gasteiger partial charge >= 0.3 is 0 Å². The molecule has 7 heteroatoms. The summed E-state index contributed by atoms with van der Waals surface area (Å²) in [6.07, 6.45) is 0.727. The topological polar surface area (TPSA) is 95.0 Å². The Bertz CT molecular complexity index is 866. The molecule has 0 saturated heterocycles. The maximum atomic E-state index is 11.7. The summed E-state index contributed by atoms with van der Waals surface area (Å²) >= 11 is 0. The van der Waals surface area contributed by atoms with Gasteiger partial charge in [-0.25, -0.2) is 4.99 Å². The van der Waals surface area contributed by atoms with E-state index < -0.39 is 6.10 Å². The summed E-state index contributed by atoms with van der Waals surface area (Å²) in [7, 11) is 0. The average molecular weight is 441 g/mol. The van der Waals surface area contributed by atoms with Gasteiger partial charge in [-0.15, -0.1) is 0 Å². The van der Waals surface area contributed by atoms with Crippen molar-refractivity contribution in [2.45, 2.75) is 59.3 Å². The fraction of sp³-hybridized carbons (Fsp3) is 0.440. The van der Waals surface area contributed by atoms with Crippen LogP contribution in [0, 0.1) is 0 Å². The Morgan fingerprint density at radius 3 is 2.50 bits per heavy atom. The summed E-state index contributed by atoms with van der Waals surface area (Å²) in [6.45, 7) is 9.43. The van der Waals surface area contributed by atoms with Gasteiger partial charge in [-0.3, -0.25) is 4.79 Å². The molecule has 0 heterocycles. The molecular weight excluding hydrogens is 404 g/mol. The zero-order valence-electron chi connectivity index (χ0n) is 19.5. The fourth-order valence-electron chi connectivity index (χ4n) is 3.03. The molecule has 0 aliphatic carbocycles. The van der Waals surface area contributed by atoms with Crippen molar-refractivity contribution < 1.29 is 14.6 Å². The summed E-state index contributed by atoms with van der Waals surface area (Å²) in [5.74, 6) is 1.39. The molecule has 0 fully saturated rings. The van der Waals surface area contributed by atoms with Gasteiger partial charge in [-0.05, 0) is 62.6 Å². The minimum Gasteiger partial charge on any atom is -0.491 e. The van der Waals surface area contributed by atoms with Gasteiger partial charge in [-0.1, -0.05) is 31.2 Å². The lowest BCUT2D eigenvalue weighted by atomic mass is 10.1. The SMILES string of the molecule is CCCC(=O)Nc1ccc(CN=C(NCC)NCC(O)c2cccc(OC(C)C)c2)cc1. The Balaban J connectivity index is 1.93. The predicted octanol–water partition coefficient (Wildman–Crippen LogP) is 4.00. The predicted molar refractivity (Wildman–Crippen MR) is 130 cm³/mol. The molecule has 0 aromatic heterocycles. The van der Waals surface area contributed by atoms with Crippen LogP contribution < -0.4 is 20.7 Å². The van der Waals surface area contributed by atoms with Gasteiger partial charge in [0.25, 0.3) is 0 Å². The lowest BCUT2D eigenvalue weighted by molar-refractivity contribution is -0.116. The summed E-state index contributed by atoms with van der Waals surface area (Å²) in [5.41, 5.74) is 2.59. The van der Waals surface area contributed by atoms with Crippen molar-refractivity contribution in [2.24, 2.45) is 4.99 Å². The molecule has 2 aromatic rings. The van der Waals surface area contributed by atoms with E-state index in [1.165, 1.54) is 0 Å². The van der Waals surface area contributed by atoms with Gasteiger partial charge < -0.3 is 25.8 Å². The Kier molecular flexibility index (Phi) is 10.5. The van der Waals surface area contributed by atoms with E-state index in [9.17, 15) is 9.90 Å². The molecule has 0 aliphatic rings. The van der Waals surface area contributed by atoms with Gasteiger partial charge in [-0.2, -0.15) is 0 Å². The van der Waals surface area contributed by atoms with Crippen LogP contribution in [0.4, 0.5) is 5.69 Å². The number of nitrogens with zero attached hydrogens (tertiary/aromatic N) is 1. The largest absolute Gasteiger partial charge is 0.491 e. The first kappa shape index (κ1) is 25.2. The molecule has 1 atom stereocenters. The number of anilines is 1. The molecule has 32 heavy (non-hydrogen) atoms. The number of guanidine groups is 1. The van der Waals surface area contributed by atoms with Crippen LogP contribution in [0.2, 0.25) is 0 Å². The van der Waals surface area contributed by atoms with Gasteiger partial charge in [0, 0.05) is 25.2 Å². The summed E-state index contributed by atoms with van der Waals surface area (Å²) < 4.78 is 5.71. The summed E-state index contributed by atoms with van der Waals surface area (Å²) in [6, 6.07) is 15.2. The third kappa shape index (κ3) is 8.98. The van der Waals surface area contributed by atoms with E-state index in [2.05, 4.69) is 20.9 Å². The number of aliphatic hydroxyl groups is 1. The molecule has 0 bridgehead atoms. The number of benzene rings is 2. The van der Waals surface area contributed by atoms with Crippen LogP contribution in [0.5, 0.6) is 5.75 Å². The van der Waals surface area contributed by atoms with Crippen LogP contribution in [0.3, 0.4) is 0 Å². The normalized spacial score (nSPS) is 12.4. The molecule has 0 aliphatic heterocycles. The lowest BCUT2D eigenvalue weighted by Crippen LogP contribution is -2.39. The number of rotatable bonds is 11. The van der Waals surface area contributed by atoms with E-state index in [0.29, 0.717) is 32.0 Å². The Hall–Kier alpha value is -3.06. The van der Waals surface area contributed by atoms with E-state index in [1.807, 2.05) is 76.2 Å². The standard InChI is InChI=1S/C25H36N4O3/c1-5-8-24(31)29-21-13-11-19(12-14-21)16-27-25(26-6-2)28-17-23(30)20-9-7-10-22(15-20)32-18(3)4/h7,9-15,18,23,30H,5-6,8,16-17H2,1-4H3,(H,29,31)(H2,26,27,28). The summed E-state index contributed by atoms with van der Waals surface area (Å²) in [5, 5.41) is 19.9. The minimum atomic E-state index is -0.694. The monoisotopic (exact) mass is 440 g/mol. The van der Waals surface area contributed by atoms with Crippen molar-refractivity contribution in [1.82, 2.24) is 10.6 Å². The van der Waals surface area contributed by atoms with Crippen molar-refractivity contribution in [3.63, 3.8) is 0 Å². The second kappa shape index (κ2) is 13.4. The Morgan fingerprint density at radius 1 is 1.09 bits per heavy atom. The van der Waals surface area contributed by atoms with Crippen molar-refractivity contribution in [2.75, 3.05) is 18.4 Å². The highest BCUT2D eigenvalue weighted by atomic mass is 16.5. The molecule has 2 rings (SSSR count). The number of amides is 1. The number of hydrogen-bond acceptors (Lipinski definition) is 4. The van der Waals surface area contributed by atoms with Crippen LogP contribution in [0.25, 0.3) is 0 Å². The van der Waals surface area contributed by atoms with Crippen LogP contribution >= 0.6 is 0 Å². The first-order valence-electron chi connectivity index (χ1n) is 11.3. The van der Waals surface area contributed by atoms with Gasteiger partial charge in [0.05, 0.1) is 18.8 Å². The molecule has 1 amide bonds. The molecule has 174 valence electrons. The number of aliphatic imine (C=N–C) groups is 1. The van der Waals surface area contributed by atoms with Crippen molar-refractivity contribution in [3.8, 4) is 5.75 Å². The van der Waals surface area contributed by atoms with E-state index >= 15 is 0 Å². The zero-order valence-corrected chi connectivity index (χ0v) is 19.5. The fourth-order valence-corrected chi connectivity index (χ4v) is 3.03. The van der Waals surface area contributed by atoms with E-state index in [0.717, 1.165) is 29.0 Å². The highest BCUT2D eigenvalue weighted by Crippen LogP contribution is 2.20. The molecule has 1 unspecified atom stereocenters. The van der Waals surface area contributed by atoms with Crippen molar-refractivity contribution in [1.29, 1.82) is 0 Å². The number of hydrogen-bond donors (Lipinski definition) is 4. The minimum absolute atomic E-state index is 0.0248. The number of ether oxygens (including phenoxy) is 1. The van der Waals surface area contributed by atoms with Gasteiger partial charge in [0.1, 0.15) is 5.75 Å². The van der Waals surface area contributed by atoms with Crippen molar-refractivity contribution in [3.05, 3.63) is 59.7 Å². The number of aliphatic hydroxyl groups excluding tert-OH is 1. The van der Waals surface area contributed by atoms with Crippen LogP contribution in [-0.2, 0) is 11.3 Å². The number of carbonyl (C=O) groups excluding carboxylic acids is 1. The second-order valence-corrected chi connectivity index (χ2v) is 7.83. The second-order valence-electron chi connectivity index (χ2n) is 7.83. The highest BCUT2D eigenvalue weighted by Gasteiger charge is 2.10. The van der Waals surface area contributed by atoms with E-state index in [-0.39, 0.29) is 12.0 Å². The maximum Gasteiger partial charge on any atom is 0.224 e. The van der Waals surface area contributed by atoms with Gasteiger partial charge in [0.15, 0.2) is 5.96 Å². The Morgan fingerprint density at radius 2 is 1.84 bits per heavy atom. The molecule has 4 N–H and O–H groups in total. The third-order valence-electron chi connectivity index (χ3n) is 4.56. The average Bonchev–Trinajstić information content (AvgIpc) is 2.76. The highest BCUT2D eigenvalue weighted by molar-refractivity contribution is 5.90. The van der Waals surface area contributed by atoms with Crippen LogP contribution in [0.1, 0.15) is 57.8 Å². The van der Waals surface area contributed by atoms with Gasteiger partial charge in [0.2, 0.25) is 5.91 Å². The van der Waals surface area contributed by atoms with E-state index in [1.54, 1.807) is 0 Å². The Labute approximate surface area is 191 Å². The first-order valence-corrected chi connectivity index (χ1v) is 11.3. The first-order chi connectivity index (χ1) is 15.4. The number of nitrogens with one attached hydrogen (secondary N) is 3. The maximum absolute atomic E-state index is 11.7. The third-order valence-corrected chi connectivity index (χ3v) is 4.56. The van der Waals surface area contributed by atoms with Crippen LogP contribution in [-0.4, -0.2) is 36.2 Å². The smallest absolute Gasteiger partial charge is 0.224 e. The lowest BCUT2D eigenvalue weighted by Gasteiger charge is -2.17. The quantitative estimate of drug-likeness (QED) is 0.313. The molecule has 7 nitrogen and oxygen atoms in total. The van der Waals surface area contributed by atoms with Crippen LogP contribution in [0.15, 0.2) is 53.5 Å². The molecule has 0 saturated carbocycles. The molecule has 0 spiro atoms. The van der Waals surface area contributed by atoms with E-state index in [4.69, 9.17) is 4.74 Å². The molecule has 2 aromatic carbocycles. The molecule has 0 radical (unpaired) electrons. The van der Waals surface area contributed by atoms with Crippen molar-refractivity contribution >= 4 is 17.6 Å². The number of carbonyl (C=O) groups is 1. The zero-order chi connectivity index (χ0) is 23.3. The summed E-state index contributed by atoms with van der Waals surface area (Å²) in [4.78, 5) is 16.3. The molecular formula is C25H36N4O3.